The summed E-state index contributed by atoms with van der Waals surface area (Å²) in [6.07, 6.45) is 4.10. The topological polar surface area (TPSA) is 29.1 Å². The van der Waals surface area contributed by atoms with E-state index in [0.29, 0.717) is 22.8 Å². The fourth-order valence-electron chi connectivity index (χ4n) is 4.43. The van der Waals surface area contributed by atoms with Gasteiger partial charge in [0.15, 0.2) is 0 Å². The van der Waals surface area contributed by atoms with Gasteiger partial charge in [0.1, 0.15) is 0 Å². The van der Waals surface area contributed by atoms with Crippen molar-refractivity contribution in [2.24, 2.45) is 29.6 Å². The third-order valence-corrected chi connectivity index (χ3v) is 5.40. The molecule has 3 fully saturated rings. The molecule has 1 aromatic carbocycles. The number of hydrogen-bond donors (Lipinski definition) is 1. The van der Waals surface area contributed by atoms with E-state index in [1.54, 1.807) is 0 Å². The van der Waals surface area contributed by atoms with Crippen LogP contribution in [0.3, 0.4) is 0 Å². The van der Waals surface area contributed by atoms with Crippen LogP contribution in [0.15, 0.2) is 24.3 Å². The van der Waals surface area contributed by atoms with Crippen LogP contribution < -0.4 is 5.32 Å². The molecule has 1 N–H and O–H groups in total. The molecule has 1 amide bonds. The molecule has 0 aromatic heterocycles. The van der Waals surface area contributed by atoms with Crippen molar-refractivity contribution in [2.75, 3.05) is 5.32 Å². The Morgan fingerprint density at radius 3 is 2.33 bits per heavy atom. The predicted octanol–water partition coefficient (Wildman–Crippen LogP) is 3.57. The number of fused-ring (bicyclic) bond motifs is 5. The molecule has 0 saturated heterocycles. The minimum Gasteiger partial charge on any atom is -0.326 e. The van der Waals surface area contributed by atoms with E-state index in [9.17, 15) is 4.79 Å². The van der Waals surface area contributed by atoms with Crippen molar-refractivity contribution in [3.8, 4) is 0 Å². The Labute approximate surface area is 112 Å². The van der Waals surface area contributed by atoms with Gasteiger partial charge in [-0.3, -0.25) is 4.79 Å². The normalized spacial score (nSPS) is 39.5. The fraction of sp³-hybridized carbons (Fsp3) is 0.533. The van der Waals surface area contributed by atoms with Gasteiger partial charge in [-0.25, -0.2) is 0 Å². The van der Waals surface area contributed by atoms with Crippen molar-refractivity contribution in [3.63, 3.8) is 0 Å². The van der Waals surface area contributed by atoms with Gasteiger partial charge in [0.25, 0.3) is 0 Å². The highest BCUT2D eigenvalue weighted by molar-refractivity contribution is 6.30. The van der Waals surface area contributed by atoms with Crippen LogP contribution in [-0.4, -0.2) is 5.91 Å². The summed E-state index contributed by atoms with van der Waals surface area (Å²) in [5.74, 6) is 3.63. The first-order valence-corrected chi connectivity index (χ1v) is 7.18. The largest absolute Gasteiger partial charge is 0.326 e. The lowest BCUT2D eigenvalue weighted by atomic mass is 10.0. The van der Waals surface area contributed by atoms with E-state index in [2.05, 4.69) is 5.32 Å². The molecule has 1 aromatic rings. The molecular weight excluding hydrogens is 246 g/mol. The van der Waals surface area contributed by atoms with E-state index < -0.39 is 0 Å². The van der Waals surface area contributed by atoms with Crippen LogP contribution in [0.25, 0.3) is 0 Å². The monoisotopic (exact) mass is 261 g/mol. The highest BCUT2D eigenvalue weighted by Crippen LogP contribution is 2.69. The Balaban J connectivity index is 1.45. The summed E-state index contributed by atoms with van der Waals surface area (Å²) in [5, 5.41) is 3.73. The molecule has 18 heavy (non-hydrogen) atoms. The van der Waals surface area contributed by atoms with Gasteiger partial charge in [-0.15, -0.1) is 0 Å². The van der Waals surface area contributed by atoms with Gasteiger partial charge < -0.3 is 5.32 Å². The van der Waals surface area contributed by atoms with Gasteiger partial charge in [0, 0.05) is 16.6 Å². The van der Waals surface area contributed by atoms with Crippen LogP contribution >= 0.6 is 11.6 Å². The van der Waals surface area contributed by atoms with Gasteiger partial charge in [0.05, 0.1) is 0 Å². The average Bonchev–Trinajstić information content (AvgIpc) is 2.82. The van der Waals surface area contributed by atoms with Crippen molar-refractivity contribution in [1.29, 1.82) is 0 Å². The molecule has 2 bridgehead atoms. The summed E-state index contributed by atoms with van der Waals surface area (Å²) < 4.78 is 0. The van der Waals surface area contributed by atoms with Gasteiger partial charge in [-0.2, -0.15) is 0 Å². The number of carbonyl (C=O) groups excluding carboxylic acids is 1. The Morgan fingerprint density at radius 1 is 1.11 bits per heavy atom. The maximum absolute atomic E-state index is 12.2. The average molecular weight is 262 g/mol. The van der Waals surface area contributed by atoms with Crippen LogP contribution in [0.2, 0.25) is 5.02 Å². The molecule has 3 aliphatic carbocycles. The molecule has 3 saturated carbocycles. The van der Waals surface area contributed by atoms with E-state index in [1.807, 2.05) is 24.3 Å². The number of halogens is 1. The van der Waals surface area contributed by atoms with Crippen LogP contribution in [0.4, 0.5) is 5.69 Å². The molecule has 0 spiro atoms. The van der Waals surface area contributed by atoms with Crippen LogP contribution in [0.1, 0.15) is 19.3 Å². The molecule has 94 valence electrons. The standard InChI is InChI=1S/C15H16ClNO/c16-10-3-5-11(6-4-10)17-15(18)14-12-8-1-2-9(7-8)13(12)14/h3-6,8-9,12-14H,1-2,7H2,(H,17,18)/t8-,9-,12+,13+/m1/s1. The highest BCUT2D eigenvalue weighted by atomic mass is 35.5. The molecule has 0 radical (unpaired) electrons. The molecule has 2 nitrogen and oxygen atoms in total. The van der Waals surface area contributed by atoms with Crippen molar-refractivity contribution in [3.05, 3.63) is 29.3 Å². The fourth-order valence-corrected chi connectivity index (χ4v) is 4.56. The van der Waals surface area contributed by atoms with Crippen molar-refractivity contribution in [1.82, 2.24) is 0 Å². The lowest BCUT2D eigenvalue weighted by Crippen LogP contribution is -2.18. The summed E-state index contributed by atoms with van der Waals surface area (Å²) in [7, 11) is 0. The van der Waals surface area contributed by atoms with Crippen LogP contribution in [0.5, 0.6) is 0 Å². The summed E-state index contributed by atoms with van der Waals surface area (Å²) in [6, 6.07) is 7.36. The minimum absolute atomic E-state index is 0.226. The first-order chi connectivity index (χ1) is 8.74. The van der Waals surface area contributed by atoms with E-state index in [4.69, 9.17) is 11.6 Å². The molecule has 3 heteroatoms. The maximum Gasteiger partial charge on any atom is 0.228 e. The molecule has 0 aliphatic heterocycles. The molecule has 3 aliphatic rings. The van der Waals surface area contributed by atoms with Gasteiger partial charge >= 0.3 is 0 Å². The quantitative estimate of drug-likeness (QED) is 0.866. The summed E-state index contributed by atoms with van der Waals surface area (Å²) in [5.41, 5.74) is 0.863. The van der Waals surface area contributed by atoms with E-state index in [-0.39, 0.29) is 5.91 Å². The van der Waals surface area contributed by atoms with E-state index in [1.165, 1.54) is 19.3 Å². The van der Waals surface area contributed by atoms with E-state index >= 15 is 0 Å². The summed E-state index contributed by atoms with van der Waals surface area (Å²) >= 11 is 5.83. The van der Waals surface area contributed by atoms with Crippen LogP contribution in [-0.2, 0) is 4.79 Å². The second kappa shape index (κ2) is 3.74. The number of benzene rings is 1. The highest BCUT2D eigenvalue weighted by Gasteiger charge is 2.67. The zero-order valence-corrected chi connectivity index (χ0v) is 10.9. The number of rotatable bonds is 2. The molecule has 4 atom stereocenters. The van der Waals surface area contributed by atoms with Crippen LogP contribution in [0, 0.1) is 29.6 Å². The first-order valence-electron chi connectivity index (χ1n) is 6.80. The maximum atomic E-state index is 12.2. The number of hydrogen-bond acceptors (Lipinski definition) is 1. The van der Waals surface area contributed by atoms with Gasteiger partial charge in [-0.05, 0) is 67.2 Å². The van der Waals surface area contributed by atoms with Crippen molar-refractivity contribution < 1.29 is 4.79 Å². The zero-order valence-electron chi connectivity index (χ0n) is 10.1. The Kier molecular flexibility index (Phi) is 2.25. The number of anilines is 1. The first kappa shape index (κ1) is 10.9. The SMILES string of the molecule is O=C(Nc1ccc(Cl)cc1)C1[C@H]2[C@@H]3CC[C@H](C3)[C@H]12. The molecule has 4 rings (SSSR count). The molecular formula is C15H16ClNO. The lowest BCUT2D eigenvalue weighted by Gasteiger charge is -2.09. The Hall–Kier alpha value is -1.02. The minimum atomic E-state index is 0.226. The molecule has 0 unspecified atom stereocenters. The number of amides is 1. The van der Waals surface area contributed by atoms with Gasteiger partial charge in [0.2, 0.25) is 5.91 Å². The summed E-state index contributed by atoms with van der Waals surface area (Å²) in [6.45, 7) is 0. The zero-order chi connectivity index (χ0) is 12.3. The van der Waals surface area contributed by atoms with Crippen molar-refractivity contribution in [2.45, 2.75) is 19.3 Å². The third-order valence-electron chi connectivity index (χ3n) is 5.15. The van der Waals surface area contributed by atoms with Crippen molar-refractivity contribution >= 4 is 23.2 Å². The predicted molar refractivity (Wildman–Crippen MR) is 71.4 cm³/mol. The Morgan fingerprint density at radius 2 is 1.72 bits per heavy atom. The van der Waals surface area contributed by atoms with E-state index in [0.717, 1.165) is 17.5 Å². The second-order valence-electron chi connectivity index (χ2n) is 6.01. The number of nitrogens with one attached hydrogen (secondary N) is 1. The third kappa shape index (κ3) is 1.51. The number of carbonyl (C=O) groups is 1. The second-order valence-corrected chi connectivity index (χ2v) is 6.45. The molecule has 0 heterocycles. The van der Waals surface area contributed by atoms with Gasteiger partial charge in [-0.1, -0.05) is 11.6 Å². The summed E-state index contributed by atoms with van der Waals surface area (Å²) in [4.78, 5) is 12.2. The smallest absolute Gasteiger partial charge is 0.228 e. The Bertz CT molecular complexity index is 482. The lowest BCUT2D eigenvalue weighted by molar-refractivity contribution is -0.118.